The van der Waals surface area contributed by atoms with Gasteiger partial charge in [0.15, 0.2) is 0 Å². The van der Waals surface area contributed by atoms with Gasteiger partial charge in [-0.25, -0.2) is 4.79 Å². The molecule has 86 valence electrons. The highest BCUT2D eigenvalue weighted by molar-refractivity contribution is 6.30. The van der Waals surface area contributed by atoms with Crippen LogP contribution < -0.4 is 4.90 Å². The summed E-state index contributed by atoms with van der Waals surface area (Å²) in [4.78, 5) is 15.7. The SMILES string of the molecule is CC(C)N1CCN(c2ccc(Cl)cc2)C1=O. The van der Waals surface area contributed by atoms with Crippen LogP contribution in [0.5, 0.6) is 0 Å². The molecule has 0 radical (unpaired) electrons. The molecule has 1 saturated heterocycles. The first-order valence-electron chi connectivity index (χ1n) is 5.43. The molecule has 1 aliphatic rings. The van der Waals surface area contributed by atoms with E-state index in [1.54, 1.807) is 4.90 Å². The van der Waals surface area contributed by atoms with Crippen molar-refractivity contribution in [3.05, 3.63) is 29.3 Å². The van der Waals surface area contributed by atoms with Gasteiger partial charge in [-0.1, -0.05) is 11.6 Å². The second-order valence-corrected chi connectivity index (χ2v) is 4.63. The highest BCUT2D eigenvalue weighted by atomic mass is 35.5. The number of anilines is 1. The van der Waals surface area contributed by atoms with Crippen LogP contribution in [0, 0.1) is 0 Å². The predicted octanol–water partition coefficient (Wildman–Crippen LogP) is 2.99. The van der Waals surface area contributed by atoms with E-state index in [4.69, 9.17) is 11.6 Å². The number of amides is 2. The third kappa shape index (κ3) is 2.00. The van der Waals surface area contributed by atoms with Crippen molar-refractivity contribution in [1.82, 2.24) is 4.90 Å². The molecule has 1 fully saturated rings. The van der Waals surface area contributed by atoms with Crippen LogP contribution in [0.1, 0.15) is 13.8 Å². The van der Waals surface area contributed by atoms with Crippen LogP contribution in [-0.4, -0.2) is 30.1 Å². The summed E-state index contributed by atoms with van der Waals surface area (Å²) in [5.41, 5.74) is 0.914. The van der Waals surface area contributed by atoms with Crippen LogP contribution in [-0.2, 0) is 0 Å². The van der Waals surface area contributed by atoms with Gasteiger partial charge < -0.3 is 4.90 Å². The molecule has 0 aromatic heterocycles. The standard InChI is InChI=1S/C12H15ClN2O/c1-9(2)14-7-8-15(12(14)16)11-5-3-10(13)4-6-11/h3-6,9H,7-8H2,1-2H3. The number of benzene rings is 1. The lowest BCUT2D eigenvalue weighted by Crippen LogP contribution is -2.36. The highest BCUT2D eigenvalue weighted by Gasteiger charge is 2.30. The summed E-state index contributed by atoms with van der Waals surface area (Å²) in [7, 11) is 0. The molecule has 0 unspecified atom stereocenters. The number of halogens is 1. The van der Waals surface area contributed by atoms with Crippen LogP contribution in [0.4, 0.5) is 10.5 Å². The van der Waals surface area contributed by atoms with Gasteiger partial charge in [0.1, 0.15) is 0 Å². The number of rotatable bonds is 2. The summed E-state index contributed by atoms with van der Waals surface area (Å²) >= 11 is 5.82. The summed E-state index contributed by atoms with van der Waals surface area (Å²) < 4.78 is 0. The lowest BCUT2D eigenvalue weighted by molar-refractivity contribution is 0.209. The molecule has 1 heterocycles. The summed E-state index contributed by atoms with van der Waals surface area (Å²) in [6, 6.07) is 7.71. The van der Waals surface area contributed by atoms with Crippen molar-refractivity contribution in [2.45, 2.75) is 19.9 Å². The average Bonchev–Trinajstić information content (AvgIpc) is 2.61. The second kappa shape index (κ2) is 4.34. The molecule has 0 saturated carbocycles. The van der Waals surface area contributed by atoms with E-state index in [1.165, 1.54) is 0 Å². The molecular formula is C12H15ClN2O. The molecule has 0 atom stereocenters. The molecule has 1 aromatic carbocycles. The summed E-state index contributed by atoms with van der Waals surface area (Å²) in [6.07, 6.45) is 0. The fourth-order valence-electron chi connectivity index (χ4n) is 1.89. The first kappa shape index (κ1) is 11.3. The highest BCUT2D eigenvalue weighted by Crippen LogP contribution is 2.23. The molecule has 2 amide bonds. The Bertz CT molecular complexity index is 389. The number of urea groups is 1. The number of hydrogen-bond donors (Lipinski definition) is 0. The van der Waals surface area contributed by atoms with Gasteiger partial charge in [-0.3, -0.25) is 4.90 Å². The molecule has 3 nitrogen and oxygen atoms in total. The molecule has 1 aromatic rings. The summed E-state index contributed by atoms with van der Waals surface area (Å²) in [6.45, 7) is 5.60. The van der Waals surface area contributed by atoms with Crippen molar-refractivity contribution in [1.29, 1.82) is 0 Å². The van der Waals surface area contributed by atoms with Crippen LogP contribution in [0.3, 0.4) is 0 Å². The third-order valence-corrected chi connectivity index (χ3v) is 3.05. The fourth-order valence-corrected chi connectivity index (χ4v) is 2.02. The largest absolute Gasteiger partial charge is 0.324 e. The zero-order chi connectivity index (χ0) is 11.7. The molecule has 0 bridgehead atoms. The van der Waals surface area contributed by atoms with E-state index in [1.807, 2.05) is 43.0 Å². The number of carbonyl (C=O) groups excluding carboxylic acids is 1. The Hall–Kier alpha value is -1.22. The minimum Gasteiger partial charge on any atom is -0.320 e. The van der Waals surface area contributed by atoms with Crippen molar-refractivity contribution in [3.63, 3.8) is 0 Å². The quantitative estimate of drug-likeness (QED) is 0.777. The van der Waals surface area contributed by atoms with E-state index in [-0.39, 0.29) is 12.1 Å². The third-order valence-electron chi connectivity index (χ3n) is 2.80. The Morgan fingerprint density at radius 2 is 1.81 bits per heavy atom. The van der Waals surface area contributed by atoms with Crippen molar-refractivity contribution in [3.8, 4) is 0 Å². The van der Waals surface area contributed by atoms with E-state index >= 15 is 0 Å². The van der Waals surface area contributed by atoms with Gasteiger partial charge in [-0.15, -0.1) is 0 Å². The number of hydrogen-bond acceptors (Lipinski definition) is 1. The Kier molecular flexibility index (Phi) is 3.06. The Balaban J connectivity index is 2.18. The van der Waals surface area contributed by atoms with E-state index in [9.17, 15) is 4.79 Å². The minimum absolute atomic E-state index is 0.0809. The number of nitrogens with zero attached hydrogens (tertiary/aromatic N) is 2. The van der Waals surface area contributed by atoms with E-state index in [0.717, 1.165) is 18.8 Å². The zero-order valence-electron chi connectivity index (χ0n) is 9.48. The minimum atomic E-state index is 0.0809. The van der Waals surface area contributed by atoms with Crippen molar-refractivity contribution >= 4 is 23.3 Å². The van der Waals surface area contributed by atoms with Crippen LogP contribution in [0.15, 0.2) is 24.3 Å². The lowest BCUT2D eigenvalue weighted by atomic mass is 10.3. The molecule has 1 aliphatic heterocycles. The van der Waals surface area contributed by atoms with Gasteiger partial charge in [0, 0.05) is 29.8 Å². The Labute approximate surface area is 101 Å². The second-order valence-electron chi connectivity index (χ2n) is 4.20. The molecule has 0 aliphatic carbocycles. The van der Waals surface area contributed by atoms with Gasteiger partial charge in [0.2, 0.25) is 0 Å². The molecule has 2 rings (SSSR count). The smallest absolute Gasteiger partial charge is 0.320 e. The lowest BCUT2D eigenvalue weighted by Gasteiger charge is -2.21. The Morgan fingerprint density at radius 1 is 1.19 bits per heavy atom. The maximum atomic E-state index is 12.1. The monoisotopic (exact) mass is 238 g/mol. The van der Waals surface area contributed by atoms with Gasteiger partial charge in [0.25, 0.3) is 0 Å². The first-order valence-corrected chi connectivity index (χ1v) is 5.81. The molecule has 0 N–H and O–H groups in total. The number of carbonyl (C=O) groups is 1. The maximum absolute atomic E-state index is 12.1. The molecule has 16 heavy (non-hydrogen) atoms. The average molecular weight is 239 g/mol. The molecule has 4 heteroatoms. The maximum Gasteiger partial charge on any atom is 0.324 e. The zero-order valence-corrected chi connectivity index (χ0v) is 10.2. The van der Waals surface area contributed by atoms with E-state index in [2.05, 4.69) is 0 Å². The predicted molar refractivity (Wildman–Crippen MR) is 66.0 cm³/mol. The van der Waals surface area contributed by atoms with Crippen molar-refractivity contribution in [2.75, 3.05) is 18.0 Å². The van der Waals surface area contributed by atoms with Crippen LogP contribution in [0.25, 0.3) is 0 Å². The van der Waals surface area contributed by atoms with E-state index in [0.29, 0.717) is 5.02 Å². The normalized spacial score (nSPS) is 16.4. The summed E-state index contributed by atoms with van der Waals surface area (Å²) in [5, 5.41) is 0.691. The molecular weight excluding hydrogens is 224 g/mol. The van der Waals surface area contributed by atoms with Crippen molar-refractivity contribution in [2.24, 2.45) is 0 Å². The Morgan fingerprint density at radius 3 is 2.31 bits per heavy atom. The first-order chi connectivity index (χ1) is 7.59. The van der Waals surface area contributed by atoms with Gasteiger partial charge in [0.05, 0.1) is 0 Å². The van der Waals surface area contributed by atoms with Crippen LogP contribution >= 0.6 is 11.6 Å². The van der Waals surface area contributed by atoms with E-state index < -0.39 is 0 Å². The summed E-state index contributed by atoms with van der Waals surface area (Å²) in [5.74, 6) is 0. The fraction of sp³-hybridized carbons (Fsp3) is 0.417. The van der Waals surface area contributed by atoms with Crippen molar-refractivity contribution < 1.29 is 4.79 Å². The topological polar surface area (TPSA) is 23.6 Å². The molecule has 0 spiro atoms. The van der Waals surface area contributed by atoms with Gasteiger partial charge in [-0.2, -0.15) is 0 Å². The van der Waals surface area contributed by atoms with Crippen LogP contribution in [0.2, 0.25) is 5.02 Å². The van der Waals surface area contributed by atoms with Gasteiger partial charge in [-0.05, 0) is 38.1 Å². The van der Waals surface area contributed by atoms with Gasteiger partial charge >= 0.3 is 6.03 Å².